The number of nitrogens with one attached hydrogen (secondary N) is 1. The number of likely N-dealkylation sites (tertiary alicyclic amines) is 1. The molecular formula is C44H52FN9O3S. The lowest BCUT2D eigenvalue weighted by molar-refractivity contribution is -0.248. The zero-order chi connectivity index (χ0) is 40.0. The molecular weight excluding hydrogens is 754 g/mol. The third-order valence-corrected chi connectivity index (χ3v) is 14.8. The van der Waals surface area contributed by atoms with E-state index in [1.807, 2.05) is 30.2 Å². The third-order valence-electron chi connectivity index (χ3n) is 13.9. The molecule has 2 aliphatic heterocycles. The van der Waals surface area contributed by atoms with E-state index in [1.54, 1.807) is 6.07 Å². The highest BCUT2D eigenvalue weighted by Crippen LogP contribution is 2.72. The fourth-order valence-corrected chi connectivity index (χ4v) is 13.6. The molecule has 6 heterocycles. The molecule has 4 aromatic heterocycles. The van der Waals surface area contributed by atoms with Crippen LogP contribution in [0.5, 0.6) is 0 Å². The maximum absolute atomic E-state index is 13.8. The van der Waals surface area contributed by atoms with E-state index in [0.29, 0.717) is 40.2 Å². The van der Waals surface area contributed by atoms with Crippen LogP contribution in [0.2, 0.25) is 0 Å². The number of carbonyl (C=O) groups is 1. The maximum atomic E-state index is 13.8. The van der Waals surface area contributed by atoms with Gasteiger partial charge in [-0.25, -0.2) is 19.2 Å². The van der Waals surface area contributed by atoms with Gasteiger partial charge < -0.3 is 25.0 Å². The summed E-state index contributed by atoms with van der Waals surface area (Å²) in [6, 6.07) is 8.31. The highest BCUT2D eigenvalue weighted by molar-refractivity contribution is 7.22. The van der Waals surface area contributed by atoms with E-state index in [1.165, 1.54) is 68.7 Å². The van der Waals surface area contributed by atoms with E-state index in [-0.39, 0.29) is 33.4 Å². The molecule has 2 unspecified atom stereocenters. The SMILES string of the molecule is Cc1c(Nc2nc3ccc(F)cc3s2)nnc2c1CCCN2c1ccc(-c2cnn(CC34CC5(C)CC(C)(C3)CC(OCCN3CCCC3)(C5)C4)c2C)c(C(=O)O)n1. The number of carboxylic acids is 1. The van der Waals surface area contributed by atoms with Gasteiger partial charge in [0.15, 0.2) is 22.5 Å². The van der Waals surface area contributed by atoms with Crippen LogP contribution in [0, 0.1) is 35.9 Å². The number of carboxylic acid groups (broad SMARTS) is 1. The van der Waals surface area contributed by atoms with Gasteiger partial charge in [0.1, 0.15) is 11.6 Å². The smallest absolute Gasteiger partial charge is 0.355 e. The molecule has 58 heavy (non-hydrogen) atoms. The van der Waals surface area contributed by atoms with E-state index in [0.717, 1.165) is 78.9 Å². The van der Waals surface area contributed by atoms with Crippen molar-refractivity contribution >= 4 is 50.1 Å². The van der Waals surface area contributed by atoms with Gasteiger partial charge in [-0.1, -0.05) is 25.2 Å². The Balaban J connectivity index is 0.903. The second-order valence-corrected chi connectivity index (χ2v) is 20.0. The summed E-state index contributed by atoms with van der Waals surface area (Å²) < 4.78 is 23.7. The Morgan fingerprint density at radius 3 is 2.52 bits per heavy atom. The van der Waals surface area contributed by atoms with E-state index in [2.05, 4.69) is 50.9 Å². The van der Waals surface area contributed by atoms with Crippen LogP contribution in [0.1, 0.15) is 98.9 Å². The summed E-state index contributed by atoms with van der Waals surface area (Å²) in [6.07, 6.45) is 13.0. The predicted octanol–water partition coefficient (Wildman–Crippen LogP) is 8.86. The van der Waals surface area contributed by atoms with Crippen LogP contribution in [0.25, 0.3) is 21.3 Å². The number of thiazole rings is 1. The first-order chi connectivity index (χ1) is 27.8. The van der Waals surface area contributed by atoms with Crippen LogP contribution < -0.4 is 10.2 Å². The lowest BCUT2D eigenvalue weighted by atomic mass is 9.39. The Bertz CT molecular complexity index is 2420. The van der Waals surface area contributed by atoms with Crippen LogP contribution in [-0.2, 0) is 17.7 Å². The average molecular weight is 806 g/mol. The zero-order valence-electron chi connectivity index (χ0n) is 33.9. The average Bonchev–Trinajstić information content (AvgIpc) is 3.91. The maximum Gasteiger partial charge on any atom is 0.355 e. The monoisotopic (exact) mass is 805 g/mol. The number of pyridine rings is 1. The molecule has 1 aromatic carbocycles. The van der Waals surface area contributed by atoms with Crippen LogP contribution in [-0.4, -0.2) is 84.3 Å². The van der Waals surface area contributed by atoms with Gasteiger partial charge in [0.05, 0.1) is 28.6 Å². The second-order valence-electron chi connectivity index (χ2n) is 18.9. The minimum Gasteiger partial charge on any atom is -0.476 e. The standard InChI is InChI=1S/C44H52FN9O3S/c1-27-30-8-7-15-53(38(30)51-50-37(27)49-40-47-33-11-9-29(45)18-34(33)58-40)35-12-10-31(36(48-35)39(55)56)32-19-46-54(28(32)2)26-43-21-41(3)20-42(4,22-43)24-44(23-41,25-43)57-17-16-52-13-5-6-14-52/h9-12,18-19H,5-8,13-17,20-26H2,1-4H3,(H,55,56)(H,47,49,50). The first-order valence-electron chi connectivity index (χ1n) is 20.9. The van der Waals surface area contributed by atoms with Crippen LogP contribution >= 0.6 is 11.3 Å². The molecule has 14 heteroatoms. The molecule has 11 rings (SSSR count). The Morgan fingerprint density at radius 1 is 0.948 bits per heavy atom. The zero-order valence-corrected chi connectivity index (χ0v) is 34.7. The number of rotatable bonds is 11. The van der Waals surface area contributed by atoms with Crippen molar-refractivity contribution in [3.05, 3.63) is 64.9 Å². The fraction of sp³-hybridized carbons (Fsp3) is 0.545. The Morgan fingerprint density at radius 2 is 1.74 bits per heavy atom. The molecule has 304 valence electrons. The van der Waals surface area contributed by atoms with Crippen molar-refractivity contribution in [2.45, 2.75) is 104 Å². The molecule has 2 N–H and O–H groups in total. The minimum atomic E-state index is -1.09. The lowest BCUT2D eigenvalue weighted by Crippen LogP contribution is -2.64. The van der Waals surface area contributed by atoms with Crippen LogP contribution in [0.4, 0.5) is 27.0 Å². The van der Waals surface area contributed by atoms with Gasteiger partial charge in [0, 0.05) is 47.6 Å². The minimum absolute atomic E-state index is 0.0114. The number of ether oxygens (including phenoxy) is 1. The number of aromatic carboxylic acids is 1. The number of halogens is 1. The van der Waals surface area contributed by atoms with Gasteiger partial charge in [-0.05, 0) is 138 Å². The van der Waals surface area contributed by atoms with Gasteiger partial charge in [0.2, 0.25) is 0 Å². The number of hydrogen-bond acceptors (Lipinski definition) is 11. The molecule has 0 amide bonds. The number of aromatic nitrogens is 6. The van der Waals surface area contributed by atoms with Crippen molar-refractivity contribution in [3.63, 3.8) is 0 Å². The summed E-state index contributed by atoms with van der Waals surface area (Å²) in [5.41, 5.74) is 5.40. The van der Waals surface area contributed by atoms with Gasteiger partial charge in [0.25, 0.3) is 0 Å². The largest absolute Gasteiger partial charge is 0.476 e. The summed E-state index contributed by atoms with van der Waals surface area (Å²) in [5.74, 6) is 0.370. The van der Waals surface area contributed by atoms with Gasteiger partial charge in [-0.15, -0.1) is 10.2 Å². The van der Waals surface area contributed by atoms with Crippen molar-refractivity contribution < 1.29 is 19.0 Å². The molecule has 4 saturated carbocycles. The van der Waals surface area contributed by atoms with Crippen molar-refractivity contribution in [2.24, 2.45) is 16.2 Å². The topological polar surface area (TPSA) is 134 Å². The Hall–Kier alpha value is -4.53. The van der Waals surface area contributed by atoms with Crippen LogP contribution in [0.15, 0.2) is 36.5 Å². The number of anilines is 4. The molecule has 4 aliphatic carbocycles. The molecule has 2 atom stereocenters. The van der Waals surface area contributed by atoms with Crippen molar-refractivity contribution in [1.29, 1.82) is 0 Å². The quantitative estimate of drug-likeness (QED) is 0.133. The first-order valence-corrected chi connectivity index (χ1v) is 21.7. The summed E-state index contributed by atoms with van der Waals surface area (Å²) in [4.78, 5) is 26.8. The number of nitrogens with zero attached hydrogens (tertiary/aromatic N) is 8. The van der Waals surface area contributed by atoms with E-state index in [9.17, 15) is 14.3 Å². The summed E-state index contributed by atoms with van der Waals surface area (Å²) in [5, 5.41) is 28.6. The summed E-state index contributed by atoms with van der Waals surface area (Å²) >= 11 is 1.36. The third kappa shape index (κ3) is 6.64. The normalized spacial score (nSPS) is 27.8. The van der Waals surface area contributed by atoms with E-state index < -0.39 is 5.97 Å². The second kappa shape index (κ2) is 13.8. The number of fused-ring (bicyclic) bond motifs is 2. The number of hydrogen-bond donors (Lipinski definition) is 2. The van der Waals surface area contributed by atoms with Crippen molar-refractivity contribution in [3.8, 4) is 11.1 Å². The van der Waals surface area contributed by atoms with Crippen LogP contribution in [0.3, 0.4) is 0 Å². The van der Waals surface area contributed by atoms with E-state index in [4.69, 9.17) is 14.8 Å². The van der Waals surface area contributed by atoms with Gasteiger partial charge in [-0.3, -0.25) is 4.68 Å². The summed E-state index contributed by atoms with van der Waals surface area (Å²) in [6.45, 7) is 14.7. The number of benzene rings is 1. The van der Waals surface area contributed by atoms with Gasteiger partial charge in [-0.2, -0.15) is 5.10 Å². The molecule has 4 bridgehead atoms. The molecule has 12 nitrogen and oxygen atoms in total. The predicted molar refractivity (Wildman–Crippen MR) is 223 cm³/mol. The lowest BCUT2D eigenvalue weighted by Gasteiger charge is -2.69. The molecule has 5 aromatic rings. The van der Waals surface area contributed by atoms with Crippen molar-refractivity contribution in [1.82, 2.24) is 34.8 Å². The van der Waals surface area contributed by atoms with Gasteiger partial charge >= 0.3 is 5.97 Å². The highest BCUT2D eigenvalue weighted by Gasteiger charge is 2.66. The highest BCUT2D eigenvalue weighted by atomic mass is 32.1. The van der Waals surface area contributed by atoms with E-state index >= 15 is 0 Å². The van der Waals surface area contributed by atoms with Crippen molar-refractivity contribution in [2.75, 3.05) is 43.0 Å². The Kier molecular flexibility index (Phi) is 8.96. The molecule has 0 spiro atoms. The summed E-state index contributed by atoms with van der Waals surface area (Å²) in [7, 11) is 0. The first kappa shape index (κ1) is 37.7. The molecule has 6 aliphatic rings. The molecule has 0 radical (unpaired) electrons. The fourth-order valence-electron chi connectivity index (χ4n) is 12.7. The molecule has 5 fully saturated rings. The molecule has 1 saturated heterocycles. The Labute approximate surface area is 342 Å².